The molecule has 0 saturated heterocycles. The lowest BCUT2D eigenvalue weighted by molar-refractivity contribution is -0.114. The van der Waals surface area contributed by atoms with Crippen LogP contribution in [0.3, 0.4) is 0 Å². The zero-order valence-corrected chi connectivity index (χ0v) is 12.1. The second kappa shape index (κ2) is 6.22. The molecule has 5 heteroatoms. The smallest absolute Gasteiger partial charge is 0.180 e. The van der Waals surface area contributed by atoms with Crippen LogP contribution in [-0.4, -0.2) is 26.0 Å². The van der Waals surface area contributed by atoms with Crippen molar-refractivity contribution in [3.05, 3.63) is 30.2 Å². The molecule has 0 bridgehead atoms. The van der Waals surface area contributed by atoms with Crippen LogP contribution in [0, 0.1) is 6.92 Å². The van der Waals surface area contributed by atoms with Crippen LogP contribution >= 0.6 is 0 Å². The number of carbonyl (C=O) groups excluding carboxylic acids is 1. The molecule has 0 amide bonds. The quantitative estimate of drug-likeness (QED) is 0.796. The number of hydrogen-bond donors (Lipinski definition) is 0. The monoisotopic (exact) mass is 260 g/mol. The van der Waals surface area contributed by atoms with Crippen LogP contribution in [0.2, 0.25) is 0 Å². The Morgan fingerprint density at radius 3 is 2.32 bits per heavy atom. The van der Waals surface area contributed by atoms with Crippen molar-refractivity contribution in [2.75, 3.05) is 0 Å². The third-order valence-corrected chi connectivity index (χ3v) is 2.55. The van der Waals surface area contributed by atoms with Gasteiger partial charge in [0, 0.05) is 18.6 Å². The molecule has 0 spiro atoms. The lowest BCUT2D eigenvalue weighted by Crippen LogP contribution is -2.28. The van der Waals surface area contributed by atoms with E-state index in [1.807, 2.05) is 40.8 Å². The number of hydrogen-bond acceptors (Lipinski definition) is 4. The molecule has 5 nitrogen and oxygen atoms in total. The van der Waals surface area contributed by atoms with Gasteiger partial charge in [-0.3, -0.25) is 4.68 Å². The predicted octanol–water partition coefficient (Wildman–Crippen LogP) is 2.61. The van der Waals surface area contributed by atoms with Gasteiger partial charge in [-0.2, -0.15) is 5.10 Å². The summed E-state index contributed by atoms with van der Waals surface area (Å²) in [6, 6.07) is 1.76. The van der Waals surface area contributed by atoms with E-state index in [-0.39, 0.29) is 0 Å². The van der Waals surface area contributed by atoms with Gasteiger partial charge >= 0.3 is 0 Å². The molecule has 0 aromatic carbocycles. The fourth-order valence-electron chi connectivity index (χ4n) is 1.45. The highest BCUT2D eigenvalue weighted by molar-refractivity contribution is 5.61. The van der Waals surface area contributed by atoms with E-state index in [1.54, 1.807) is 23.1 Å². The summed E-state index contributed by atoms with van der Waals surface area (Å²) in [7, 11) is 0. The van der Waals surface area contributed by atoms with Gasteiger partial charge < -0.3 is 4.79 Å². The summed E-state index contributed by atoms with van der Waals surface area (Å²) >= 11 is 0. The molecule has 0 radical (unpaired) electrons. The van der Waals surface area contributed by atoms with E-state index in [2.05, 4.69) is 15.1 Å². The molecule has 2 heterocycles. The highest BCUT2D eigenvalue weighted by Gasteiger charge is 2.22. The largest absolute Gasteiger partial charge is 0.301 e. The molecule has 102 valence electrons. The fourth-order valence-corrected chi connectivity index (χ4v) is 1.45. The van der Waals surface area contributed by atoms with E-state index < -0.39 is 5.54 Å². The van der Waals surface area contributed by atoms with Gasteiger partial charge in [0.25, 0.3) is 0 Å². The molecule has 0 aliphatic heterocycles. The SMILES string of the molecule is CC.Cc1cn(C(C)(C)C=O)nc1-c1ncccn1. The molecular formula is C14H20N4O. The molecule has 2 aromatic heterocycles. The maximum absolute atomic E-state index is 11.0. The second-order valence-electron chi connectivity index (χ2n) is 4.45. The van der Waals surface area contributed by atoms with Crippen LogP contribution in [-0.2, 0) is 10.3 Å². The van der Waals surface area contributed by atoms with Crippen LogP contribution in [0.25, 0.3) is 11.5 Å². The molecule has 2 rings (SSSR count). The van der Waals surface area contributed by atoms with Crippen LogP contribution in [0.15, 0.2) is 24.7 Å². The zero-order chi connectivity index (χ0) is 14.5. The summed E-state index contributed by atoms with van der Waals surface area (Å²) < 4.78 is 1.64. The standard InChI is InChI=1S/C12H14N4O.C2H6/c1-9-7-16(12(2,3)8-17)15-10(9)11-13-5-4-6-14-11;1-2/h4-8H,1-3H3;1-2H3. The summed E-state index contributed by atoms with van der Waals surface area (Å²) in [6.45, 7) is 9.54. The van der Waals surface area contributed by atoms with Crippen molar-refractivity contribution in [1.29, 1.82) is 0 Å². The number of aryl methyl sites for hydroxylation is 1. The third-order valence-electron chi connectivity index (χ3n) is 2.55. The van der Waals surface area contributed by atoms with Gasteiger partial charge in [0.2, 0.25) is 0 Å². The lowest BCUT2D eigenvalue weighted by atomic mass is 10.1. The Morgan fingerprint density at radius 1 is 1.21 bits per heavy atom. The first kappa shape index (κ1) is 15.0. The van der Waals surface area contributed by atoms with Crippen molar-refractivity contribution >= 4 is 6.29 Å². The number of carbonyl (C=O) groups is 1. The van der Waals surface area contributed by atoms with Crippen LogP contribution < -0.4 is 0 Å². The maximum Gasteiger partial charge on any atom is 0.180 e. The van der Waals surface area contributed by atoms with Gasteiger partial charge in [-0.25, -0.2) is 9.97 Å². The predicted molar refractivity (Wildman–Crippen MR) is 74.7 cm³/mol. The number of rotatable bonds is 3. The van der Waals surface area contributed by atoms with Gasteiger partial charge in [-0.1, -0.05) is 13.8 Å². The highest BCUT2D eigenvalue weighted by Crippen LogP contribution is 2.20. The fraction of sp³-hybridized carbons (Fsp3) is 0.429. The summed E-state index contributed by atoms with van der Waals surface area (Å²) in [5.74, 6) is 0.574. The normalized spacial score (nSPS) is 10.6. The Hall–Kier alpha value is -2.04. The van der Waals surface area contributed by atoms with Gasteiger partial charge in [-0.05, 0) is 32.4 Å². The molecule has 0 atom stereocenters. The minimum Gasteiger partial charge on any atom is -0.301 e. The summed E-state index contributed by atoms with van der Waals surface area (Å²) in [5.41, 5.74) is 1.00. The lowest BCUT2D eigenvalue weighted by Gasteiger charge is -2.17. The van der Waals surface area contributed by atoms with E-state index >= 15 is 0 Å². The molecule has 0 aliphatic carbocycles. The van der Waals surface area contributed by atoms with Crippen LogP contribution in [0.1, 0.15) is 33.3 Å². The van der Waals surface area contributed by atoms with E-state index in [1.165, 1.54) is 0 Å². The average Bonchev–Trinajstić information content (AvgIpc) is 2.85. The number of aromatic nitrogens is 4. The van der Waals surface area contributed by atoms with Gasteiger partial charge in [0.05, 0.1) is 0 Å². The van der Waals surface area contributed by atoms with Crippen molar-refractivity contribution in [2.45, 2.75) is 40.2 Å². The topological polar surface area (TPSA) is 60.7 Å². The first-order chi connectivity index (χ1) is 9.04. The van der Waals surface area contributed by atoms with E-state index in [0.717, 1.165) is 11.8 Å². The molecule has 0 fully saturated rings. The minimum atomic E-state index is -0.655. The second-order valence-corrected chi connectivity index (χ2v) is 4.45. The Bertz CT molecular complexity index is 532. The van der Waals surface area contributed by atoms with Gasteiger partial charge in [0.1, 0.15) is 17.5 Å². The van der Waals surface area contributed by atoms with Crippen LogP contribution in [0.4, 0.5) is 0 Å². The first-order valence-corrected chi connectivity index (χ1v) is 6.35. The summed E-state index contributed by atoms with van der Waals surface area (Å²) in [5, 5.41) is 4.38. The third kappa shape index (κ3) is 3.24. The Kier molecular flexibility index (Phi) is 4.92. The van der Waals surface area contributed by atoms with E-state index in [0.29, 0.717) is 11.5 Å². The minimum absolute atomic E-state index is 0.574. The van der Waals surface area contributed by atoms with Crippen molar-refractivity contribution in [2.24, 2.45) is 0 Å². The molecule has 2 aromatic rings. The molecule has 0 saturated carbocycles. The molecule has 0 aliphatic rings. The van der Waals surface area contributed by atoms with Crippen molar-refractivity contribution in [3.63, 3.8) is 0 Å². The zero-order valence-electron chi connectivity index (χ0n) is 12.1. The van der Waals surface area contributed by atoms with E-state index in [9.17, 15) is 4.79 Å². The Morgan fingerprint density at radius 2 is 1.79 bits per heavy atom. The van der Waals surface area contributed by atoms with Crippen molar-refractivity contribution < 1.29 is 4.79 Å². The molecular weight excluding hydrogens is 240 g/mol. The van der Waals surface area contributed by atoms with E-state index in [4.69, 9.17) is 0 Å². The van der Waals surface area contributed by atoms with Crippen LogP contribution in [0.5, 0.6) is 0 Å². The van der Waals surface area contributed by atoms with Crippen molar-refractivity contribution in [1.82, 2.24) is 19.7 Å². The Balaban J connectivity index is 0.000000861. The molecule has 0 N–H and O–H groups in total. The summed E-state index contributed by atoms with van der Waals surface area (Å²) in [4.78, 5) is 19.3. The van der Waals surface area contributed by atoms with Gasteiger partial charge in [0.15, 0.2) is 5.82 Å². The number of aldehydes is 1. The summed E-state index contributed by atoms with van der Waals surface area (Å²) in [6.07, 6.45) is 6.05. The van der Waals surface area contributed by atoms with Gasteiger partial charge in [-0.15, -0.1) is 0 Å². The highest BCUT2D eigenvalue weighted by atomic mass is 16.1. The molecule has 19 heavy (non-hydrogen) atoms. The number of nitrogens with zero attached hydrogens (tertiary/aromatic N) is 4. The maximum atomic E-state index is 11.0. The average molecular weight is 260 g/mol. The molecule has 0 unspecified atom stereocenters. The van der Waals surface area contributed by atoms with Crippen molar-refractivity contribution in [3.8, 4) is 11.5 Å². The Labute approximate surface area is 113 Å². The first-order valence-electron chi connectivity index (χ1n) is 6.35.